The number of rotatable bonds is 15. The average Bonchev–Trinajstić information content (AvgIpc) is 3.57. The van der Waals surface area contributed by atoms with E-state index in [1.165, 1.54) is 11.0 Å². The number of halogens is 4. The average molecular weight is 830 g/mol. The summed E-state index contributed by atoms with van der Waals surface area (Å²) in [6, 6.07) is 29.5. The minimum Gasteiger partial charge on any atom is -0.455 e. The summed E-state index contributed by atoms with van der Waals surface area (Å²) < 4.78 is 26.2. The molecule has 1 heterocycles. The van der Waals surface area contributed by atoms with E-state index in [1.807, 2.05) is 60.7 Å². The zero-order valence-corrected chi connectivity index (χ0v) is 32.5. The molecular formula is C41H37Cl4NO9. The number of fused-ring (bicyclic) bond motifs is 1. The van der Waals surface area contributed by atoms with Gasteiger partial charge in [-0.1, -0.05) is 137 Å². The Kier molecular flexibility index (Phi) is 14.5. The highest BCUT2D eigenvalue weighted by Gasteiger charge is 2.59. The summed E-state index contributed by atoms with van der Waals surface area (Å²) in [7, 11) is 0. The first-order valence-corrected chi connectivity index (χ1v) is 18.6. The minimum atomic E-state index is -2.60. The van der Waals surface area contributed by atoms with Crippen molar-refractivity contribution >= 4 is 76.6 Å². The van der Waals surface area contributed by atoms with E-state index in [2.05, 4.69) is 0 Å². The molecule has 0 bridgehead atoms. The second kappa shape index (κ2) is 19.2. The second-order valence-electron chi connectivity index (χ2n) is 12.4. The van der Waals surface area contributed by atoms with Gasteiger partial charge >= 0.3 is 23.8 Å². The fourth-order valence-electron chi connectivity index (χ4n) is 5.48. The Hall–Kier alpha value is -4.71. The predicted molar refractivity (Wildman–Crippen MR) is 211 cm³/mol. The molecule has 5 rings (SSSR count). The first-order chi connectivity index (χ1) is 26.3. The number of esters is 2. The van der Waals surface area contributed by atoms with E-state index in [-0.39, 0.29) is 37.7 Å². The lowest BCUT2D eigenvalue weighted by molar-refractivity contribution is -0.201. The molecule has 4 aromatic carbocycles. The summed E-state index contributed by atoms with van der Waals surface area (Å²) in [5.74, 6) is -4.69. The first-order valence-electron chi connectivity index (χ1n) is 17.1. The van der Waals surface area contributed by atoms with Crippen molar-refractivity contribution in [2.45, 2.75) is 35.1 Å². The van der Waals surface area contributed by atoms with Gasteiger partial charge in [0.25, 0.3) is 0 Å². The van der Waals surface area contributed by atoms with Gasteiger partial charge in [-0.05, 0) is 72.0 Å². The molecule has 0 aliphatic carbocycles. The van der Waals surface area contributed by atoms with Crippen LogP contribution in [0.5, 0.6) is 11.5 Å². The molecule has 2 atom stereocenters. The number of aliphatic hydroxyl groups is 1. The highest BCUT2D eigenvalue weighted by Crippen LogP contribution is 2.42. The van der Waals surface area contributed by atoms with Gasteiger partial charge in [-0.25, -0.2) is 14.4 Å². The third-order valence-electron chi connectivity index (χ3n) is 8.15. The number of alkyl halides is 3. The Balaban J connectivity index is 1.33. The fourth-order valence-corrected chi connectivity index (χ4v) is 5.84. The van der Waals surface area contributed by atoms with Crippen LogP contribution in [0.2, 0.25) is 5.02 Å². The van der Waals surface area contributed by atoms with Gasteiger partial charge in [0.15, 0.2) is 11.5 Å². The van der Waals surface area contributed by atoms with Crippen LogP contribution in [0.25, 0.3) is 12.2 Å². The van der Waals surface area contributed by atoms with E-state index in [0.717, 1.165) is 11.1 Å². The summed E-state index contributed by atoms with van der Waals surface area (Å²) in [6.07, 6.45) is 4.96. The summed E-state index contributed by atoms with van der Waals surface area (Å²) >= 11 is 23.6. The lowest BCUT2D eigenvalue weighted by atomic mass is 10.0. The highest BCUT2D eigenvalue weighted by atomic mass is 35.6. The molecule has 0 spiro atoms. The standard InChI is InChI=1S/C41H37Cl4NO9/c1-28(46(39(50)53-27-40(43,44)45)26-34(47)32-17-8-18-33(42)25-32)23-31-19-20-35-36(24-31)55-41(54-35,37(48)51-21-9-15-29-11-4-2-5-12-29)38(49)52-22-10-16-30-13-6-3-7-14-30/h2-20,24-25,28,34,47H,21-23,26-27H2,1H3/t28-,34+,41?/m1/s1. The maximum Gasteiger partial charge on any atom is 0.453 e. The Morgan fingerprint density at radius 1 is 0.782 bits per heavy atom. The summed E-state index contributed by atoms with van der Waals surface area (Å²) in [5, 5.41) is 11.5. The van der Waals surface area contributed by atoms with E-state index in [4.69, 9.17) is 70.1 Å². The normalized spacial score (nSPS) is 16.1. The molecule has 1 aliphatic rings. The molecule has 0 saturated heterocycles. The van der Waals surface area contributed by atoms with Crippen molar-refractivity contribution < 1.29 is 43.2 Å². The lowest BCUT2D eigenvalue weighted by Crippen LogP contribution is -2.56. The van der Waals surface area contributed by atoms with Crippen molar-refractivity contribution in [1.82, 2.24) is 4.90 Å². The van der Waals surface area contributed by atoms with Gasteiger partial charge in [-0.2, -0.15) is 0 Å². The van der Waals surface area contributed by atoms with E-state index in [9.17, 15) is 19.5 Å². The highest BCUT2D eigenvalue weighted by molar-refractivity contribution is 6.67. The number of hydrogen-bond donors (Lipinski definition) is 1. The monoisotopic (exact) mass is 827 g/mol. The van der Waals surface area contributed by atoms with Crippen LogP contribution in [0.4, 0.5) is 4.79 Å². The second-order valence-corrected chi connectivity index (χ2v) is 15.3. The molecule has 0 saturated carbocycles. The smallest absolute Gasteiger partial charge is 0.453 e. The molecule has 0 radical (unpaired) electrons. The third-order valence-corrected chi connectivity index (χ3v) is 8.72. The van der Waals surface area contributed by atoms with Crippen LogP contribution < -0.4 is 9.47 Å². The largest absolute Gasteiger partial charge is 0.455 e. The molecule has 1 amide bonds. The maximum absolute atomic E-state index is 13.6. The number of benzene rings is 4. The Morgan fingerprint density at radius 3 is 1.93 bits per heavy atom. The third kappa shape index (κ3) is 11.9. The van der Waals surface area contributed by atoms with Crippen LogP contribution in [0, 0.1) is 0 Å². The van der Waals surface area contributed by atoms with Crippen LogP contribution >= 0.6 is 46.4 Å². The number of nitrogens with zero attached hydrogens (tertiary/aromatic N) is 1. The number of carbonyl (C=O) groups excluding carboxylic acids is 3. The molecule has 0 fully saturated rings. The van der Waals surface area contributed by atoms with Gasteiger partial charge in [-0.3, -0.25) is 0 Å². The van der Waals surface area contributed by atoms with Crippen LogP contribution in [0.1, 0.15) is 35.3 Å². The van der Waals surface area contributed by atoms with Crippen molar-refractivity contribution in [1.29, 1.82) is 0 Å². The van der Waals surface area contributed by atoms with Crippen molar-refractivity contribution in [3.8, 4) is 11.5 Å². The molecule has 1 aliphatic heterocycles. The number of ether oxygens (including phenoxy) is 5. The molecular weight excluding hydrogens is 792 g/mol. The number of amides is 1. The van der Waals surface area contributed by atoms with Crippen LogP contribution in [-0.4, -0.2) is 70.0 Å². The Labute approximate surface area is 338 Å². The Bertz CT molecular complexity index is 1920. The number of carbonyl (C=O) groups is 3. The SMILES string of the molecule is C[C@H](Cc1ccc2c(c1)OC(C(=O)OCC=Cc1ccccc1)(C(=O)OCC=Cc1ccccc1)O2)N(C[C@H](O)c1cccc(Cl)c1)C(=O)OCC(Cl)(Cl)Cl. The van der Waals surface area contributed by atoms with Crippen molar-refractivity contribution in [3.63, 3.8) is 0 Å². The van der Waals surface area contributed by atoms with Gasteiger partial charge < -0.3 is 33.7 Å². The summed E-state index contributed by atoms with van der Waals surface area (Å²) in [4.78, 5) is 41.8. The van der Waals surface area contributed by atoms with Gasteiger partial charge in [0, 0.05) is 11.1 Å². The zero-order valence-electron chi connectivity index (χ0n) is 29.5. The molecule has 1 N–H and O–H groups in total. The zero-order chi connectivity index (χ0) is 39.4. The van der Waals surface area contributed by atoms with E-state index in [1.54, 1.807) is 67.6 Å². The first kappa shape index (κ1) is 41.5. The molecule has 55 heavy (non-hydrogen) atoms. The quantitative estimate of drug-likeness (QED) is 0.0543. The van der Waals surface area contributed by atoms with Gasteiger partial charge in [-0.15, -0.1) is 0 Å². The lowest BCUT2D eigenvalue weighted by Gasteiger charge is -2.31. The number of aliphatic hydroxyl groups excluding tert-OH is 1. The van der Waals surface area contributed by atoms with Gasteiger partial charge in [0.05, 0.1) is 12.6 Å². The molecule has 10 nitrogen and oxygen atoms in total. The molecule has 4 aromatic rings. The van der Waals surface area contributed by atoms with Crippen LogP contribution in [0.3, 0.4) is 0 Å². The molecule has 288 valence electrons. The fraction of sp³-hybridized carbons (Fsp3) is 0.244. The topological polar surface area (TPSA) is 121 Å². The molecule has 0 unspecified atom stereocenters. The van der Waals surface area contributed by atoms with Crippen molar-refractivity contribution in [3.05, 3.63) is 143 Å². The van der Waals surface area contributed by atoms with Gasteiger partial charge in [0.1, 0.15) is 19.8 Å². The number of hydrogen-bond acceptors (Lipinski definition) is 9. The summed E-state index contributed by atoms with van der Waals surface area (Å²) in [5.41, 5.74) is 2.86. The van der Waals surface area contributed by atoms with Crippen LogP contribution in [0.15, 0.2) is 115 Å². The minimum absolute atomic E-state index is 0.0579. The van der Waals surface area contributed by atoms with Crippen molar-refractivity contribution in [2.24, 2.45) is 0 Å². The van der Waals surface area contributed by atoms with E-state index in [0.29, 0.717) is 16.1 Å². The molecule has 14 heteroatoms. The predicted octanol–water partition coefficient (Wildman–Crippen LogP) is 8.79. The molecule has 0 aromatic heterocycles. The maximum atomic E-state index is 13.6. The Morgan fingerprint density at radius 2 is 1.36 bits per heavy atom. The van der Waals surface area contributed by atoms with E-state index >= 15 is 0 Å². The van der Waals surface area contributed by atoms with Crippen molar-refractivity contribution in [2.75, 3.05) is 26.4 Å². The van der Waals surface area contributed by atoms with Gasteiger partial charge in [0.2, 0.25) is 3.79 Å². The summed E-state index contributed by atoms with van der Waals surface area (Å²) in [6.45, 7) is 0.636. The van der Waals surface area contributed by atoms with Crippen LogP contribution in [-0.2, 0) is 30.2 Å². The van der Waals surface area contributed by atoms with E-state index < -0.39 is 46.4 Å².